The first-order valence-corrected chi connectivity index (χ1v) is 9.13. The average Bonchev–Trinajstić information content (AvgIpc) is 2.98. The van der Waals surface area contributed by atoms with Gasteiger partial charge in [-0.25, -0.2) is 9.37 Å². The molecule has 1 amide bonds. The third-order valence-corrected chi connectivity index (χ3v) is 5.30. The van der Waals surface area contributed by atoms with Crippen LogP contribution in [0.5, 0.6) is 0 Å². The molecule has 1 aliphatic carbocycles. The average molecular weight is 362 g/mol. The van der Waals surface area contributed by atoms with Crippen LogP contribution >= 0.6 is 11.3 Å². The zero-order chi connectivity index (χ0) is 17.8. The number of nitrogens with zero attached hydrogens (tertiary/aromatic N) is 1. The molecule has 1 aromatic heterocycles. The van der Waals surface area contributed by atoms with Crippen LogP contribution < -0.4 is 5.32 Å². The highest BCUT2D eigenvalue weighted by atomic mass is 32.1. The Balaban J connectivity index is 1.83. The predicted octanol–water partition coefficient (Wildman–Crippen LogP) is 4.10. The lowest BCUT2D eigenvalue weighted by Gasteiger charge is -2.19. The van der Waals surface area contributed by atoms with Gasteiger partial charge in [-0.3, -0.25) is 9.59 Å². The van der Waals surface area contributed by atoms with Crippen molar-refractivity contribution < 1.29 is 19.1 Å². The first-order chi connectivity index (χ1) is 12.0. The maximum absolute atomic E-state index is 13.1. The fourth-order valence-electron chi connectivity index (χ4n) is 3.07. The summed E-state index contributed by atoms with van der Waals surface area (Å²) < 4.78 is 13.1. The Hall–Kier alpha value is -2.28. The van der Waals surface area contributed by atoms with E-state index in [0.717, 1.165) is 37.0 Å². The standard InChI is InChI=1S/C18H19FN2O3S/c19-13-8-6-11(7-9-13)16-14(10-15(22)23)25-18(20-16)21-17(24)12-4-2-1-3-5-12/h6-9,12H,1-5,10H2,(H,22,23)(H,20,21,24). The molecule has 2 aromatic rings. The number of rotatable bonds is 5. The SMILES string of the molecule is O=C(O)Cc1sc(NC(=O)C2CCCCC2)nc1-c1ccc(F)cc1. The second kappa shape index (κ2) is 7.74. The number of carbonyl (C=O) groups excluding carboxylic acids is 1. The Labute approximate surface area is 148 Å². The van der Waals surface area contributed by atoms with E-state index < -0.39 is 5.97 Å². The highest BCUT2D eigenvalue weighted by Gasteiger charge is 2.23. The van der Waals surface area contributed by atoms with Crippen LogP contribution in [0.4, 0.5) is 9.52 Å². The van der Waals surface area contributed by atoms with Crippen LogP contribution in [0, 0.1) is 11.7 Å². The van der Waals surface area contributed by atoms with Crippen molar-refractivity contribution in [3.8, 4) is 11.3 Å². The monoisotopic (exact) mass is 362 g/mol. The molecule has 1 aliphatic rings. The van der Waals surface area contributed by atoms with Gasteiger partial charge in [0.15, 0.2) is 5.13 Å². The summed E-state index contributed by atoms with van der Waals surface area (Å²) in [5.41, 5.74) is 1.11. The molecule has 0 saturated heterocycles. The van der Waals surface area contributed by atoms with Gasteiger partial charge in [-0.05, 0) is 37.1 Å². The molecule has 1 fully saturated rings. The van der Waals surface area contributed by atoms with Crippen molar-refractivity contribution in [1.29, 1.82) is 0 Å². The van der Waals surface area contributed by atoms with Gasteiger partial charge in [0.2, 0.25) is 5.91 Å². The number of aliphatic carboxylic acids is 1. The van der Waals surface area contributed by atoms with Crippen LogP contribution in [0.1, 0.15) is 37.0 Å². The number of aromatic nitrogens is 1. The predicted molar refractivity (Wildman–Crippen MR) is 94.1 cm³/mol. The summed E-state index contributed by atoms with van der Waals surface area (Å²) in [6.07, 6.45) is 4.85. The van der Waals surface area contributed by atoms with Gasteiger partial charge in [0, 0.05) is 16.4 Å². The van der Waals surface area contributed by atoms with Crippen LogP contribution in [0.2, 0.25) is 0 Å². The first kappa shape index (κ1) is 17.5. The maximum Gasteiger partial charge on any atom is 0.308 e. The van der Waals surface area contributed by atoms with Gasteiger partial charge in [0.1, 0.15) is 5.82 Å². The molecule has 5 nitrogen and oxygen atoms in total. The lowest BCUT2D eigenvalue weighted by Crippen LogP contribution is -2.24. The Morgan fingerprint density at radius 3 is 2.52 bits per heavy atom. The van der Waals surface area contributed by atoms with E-state index in [9.17, 15) is 14.0 Å². The zero-order valence-electron chi connectivity index (χ0n) is 13.6. The van der Waals surface area contributed by atoms with Gasteiger partial charge >= 0.3 is 5.97 Å². The fraction of sp³-hybridized carbons (Fsp3) is 0.389. The molecule has 0 radical (unpaired) electrons. The quantitative estimate of drug-likeness (QED) is 0.839. The summed E-state index contributed by atoms with van der Waals surface area (Å²) in [6, 6.07) is 5.73. The Kier molecular flexibility index (Phi) is 5.43. The molecule has 2 N–H and O–H groups in total. The molecule has 0 bridgehead atoms. The normalized spacial score (nSPS) is 15.1. The molecule has 7 heteroatoms. The van der Waals surface area contributed by atoms with E-state index >= 15 is 0 Å². The van der Waals surface area contributed by atoms with Crippen molar-refractivity contribution >= 4 is 28.3 Å². The van der Waals surface area contributed by atoms with Crippen molar-refractivity contribution in [1.82, 2.24) is 4.98 Å². The topological polar surface area (TPSA) is 79.3 Å². The number of hydrogen-bond acceptors (Lipinski definition) is 4. The number of carboxylic acid groups (broad SMARTS) is 1. The third kappa shape index (κ3) is 4.42. The van der Waals surface area contributed by atoms with Gasteiger partial charge in [0.05, 0.1) is 12.1 Å². The van der Waals surface area contributed by atoms with E-state index in [2.05, 4.69) is 10.3 Å². The molecule has 1 saturated carbocycles. The fourth-order valence-corrected chi connectivity index (χ4v) is 4.05. The minimum atomic E-state index is -0.975. The van der Waals surface area contributed by atoms with Crippen LogP contribution in [0.3, 0.4) is 0 Å². The number of nitrogens with one attached hydrogen (secondary N) is 1. The van der Waals surface area contributed by atoms with Crippen molar-refractivity contribution in [2.75, 3.05) is 5.32 Å². The van der Waals surface area contributed by atoms with Gasteiger partial charge in [-0.2, -0.15) is 0 Å². The highest BCUT2D eigenvalue weighted by Crippen LogP contribution is 2.33. The van der Waals surface area contributed by atoms with Crippen molar-refractivity contribution in [2.24, 2.45) is 5.92 Å². The van der Waals surface area contributed by atoms with Gasteiger partial charge < -0.3 is 10.4 Å². The second-order valence-electron chi connectivity index (χ2n) is 6.19. The summed E-state index contributed by atoms with van der Waals surface area (Å²) in [6.45, 7) is 0. The molecule has 25 heavy (non-hydrogen) atoms. The lowest BCUT2D eigenvalue weighted by atomic mass is 9.89. The molecule has 0 aliphatic heterocycles. The number of halogens is 1. The highest BCUT2D eigenvalue weighted by molar-refractivity contribution is 7.16. The second-order valence-corrected chi connectivity index (χ2v) is 7.28. The van der Waals surface area contributed by atoms with E-state index in [0.29, 0.717) is 21.3 Å². The molecule has 0 atom stereocenters. The number of thiazole rings is 1. The van der Waals surface area contributed by atoms with Crippen LogP contribution in [-0.2, 0) is 16.0 Å². The van der Waals surface area contributed by atoms with E-state index in [4.69, 9.17) is 5.11 Å². The molecule has 1 heterocycles. The summed E-state index contributed by atoms with van der Waals surface area (Å²) >= 11 is 1.16. The van der Waals surface area contributed by atoms with Crippen molar-refractivity contribution in [3.05, 3.63) is 35.0 Å². The summed E-state index contributed by atoms with van der Waals surface area (Å²) in [4.78, 5) is 28.4. The smallest absolute Gasteiger partial charge is 0.308 e. The lowest BCUT2D eigenvalue weighted by molar-refractivity contribution is -0.136. The molecule has 3 rings (SSSR count). The number of carbonyl (C=O) groups is 2. The van der Waals surface area contributed by atoms with E-state index in [-0.39, 0.29) is 24.1 Å². The number of amides is 1. The third-order valence-electron chi connectivity index (χ3n) is 4.33. The van der Waals surface area contributed by atoms with Gasteiger partial charge in [-0.15, -0.1) is 11.3 Å². The van der Waals surface area contributed by atoms with E-state index in [1.165, 1.54) is 18.6 Å². The molecule has 0 unspecified atom stereocenters. The Morgan fingerprint density at radius 2 is 1.88 bits per heavy atom. The maximum atomic E-state index is 13.1. The molecule has 0 spiro atoms. The molecule has 132 valence electrons. The Morgan fingerprint density at radius 1 is 1.20 bits per heavy atom. The summed E-state index contributed by atoms with van der Waals surface area (Å²) in [5, 5.41) is 12.3. The largest absolute Gasteiger partial charge is 0.481 e. The zero-order valence-corrected chi connectivity index (χ0v) is 14.4. The minimum absolute atomic E-state index is 0.00477. The summed E-state index contributed by atoms with van der Waals surface area (Å²) in [5.74, 6) is -1.41. The van der Waals surface area contributed by atoms with Crippen LogP contribution in [0.25, 0.3) is 11.3 Å². The molecular formula is C18H19FN2O3S. The Bertz CT molecular complexity index is 767. The number of hydrogen-bond donors (Lipinski definition) is 2. The van der Waals surface area contributed by atoms with Crippen molar-refractivity contribution in [3.63, 3.8) is 0 Å². The first-order valence-electron chi connectivity index (χ1n) is 8.31. The molecule has 1 aromatic carbocycles. The van der Waals surface area contributed by atoms with Gasteiger partial charge in [0.25, 0.3) is 0 Å². The van der Waals surface area contributed by atoms with Crippen LogP contribution in [0.15, 0.2) is 24.3 Å². The van der Waals surface area contributed by atoms with Crippen LogP contribution in [-0.4, -0.2) is 22.0 Å². The summed E-state index contributed by atoms with van der Waals surface area (Å²) in [7, 11) is 0. The van der Waals surface area contributed by atoms with E-state index in [1.807, 2.05) is 0 Å². The van der Waals surface area contributed by atoms with Crippen molar-refractivity contribution in [2.45, 2.75) is 38.5 Å². The minimum Gasteiger partial charge on any atom is -0.481 e. The van der Waals surface area contributed by atoms with Gasteiger partial charge in [-0.1, -0.05) is 19.3 Å². The molecular weight excluding hydrogens is 343 g/mol. The number of carboxylic acids is 1. The number of benzene rings is 1. The van der Waals surface area contributed by atoms with E-state index in [1.54, 1.807) is 12.1 Å². The number of anilines is 1.